The number of nitrogens with zero attached hydrogens (tertiary/aromatic N) is 1. The van der Waals surface area contributed by atoms with Crippen molar-refractivity contribution in [3.63, 3.8) is 0 Å². The first-order valence-electron chi connectivity index (χ1n) is 5.75. The van der Waals surface area contributed by atoms with Crippen LogP contribution in [0.2, 0.25) is 0 Å². The minimum absolute atomic E-state index is 0.728. The molecule has 0 aliphatic carbocycles. The van der Waals surface area contributed by atoms with E-state index < -0.39 is 0 Å². The van der Waals surface area contributed by atoms with Crippen molar-refractivity contribution in [2.75, 3.05) is 0 Å². The zero-order chi connectivity index (χ0) is 10.2. The Hall–Kier alpha value is 0.500. The molecule has 1 atom stereocenters. The fourth-order valence-corrected chi connectivity index (χ4v) is 4.92. The van der Waals surface area contributed by atoms with Gasteiger partial charge in [-0.1, -0.05) is 0 Å². The Morgan fingerprint density at radius 2 is 2.14 bits per heavy atom. The molecule has 0 bridgehead atoms. The Labute approximate surface area is 106 Å². The Morgan fingerprint density at radius 3 is 2.79 bits per heavy atom. The number of unbranched alkanes of at least 4 members (excludes halogenated alkanes) is 4. The first kappa shape index (κ1) is 12.6. The summed E-state index contributed by atoms with van der Waals surface area (Å²) in [6, 6.07) is 2.21. The average Bonchev–Trinajstić information content (AvgIpc) is 2.70. The summed E-state index contributed by atoms with van der Waals surface area (Å²) >= 11 is 2.33. The number of aromatic nitrogens is 1. The van der Waals surface area contributed by atoms with Crippen molar-refractivity contribution in [2.24, 2.45) is 0 Å². The molecular formula is C11H20InNS. The molecule has 1 aromatic heterocycles. The zero-order valence-corrected chi connectivity index (χ0v) is 15.9. The molecule has 0 N–H and O–H groups in total. The number of hydrogen-bond acceptors (Lipinski definition) is 2. The van der Waals surface area contributed by atoms with Crippen LogP contribution < -0.4 is 0 Å². The van der Waals surface area contributed by atoms with E-state index in [0.29, 0.717) is 0 Å². The molecule has 78 valence electrons. The number of hydrogen-bond donors (Lipinski definition) is 0. The summed E-state index contributed by atoms with van der Waals surface area (Å²) < 4.78 is 5.29. The standard InChI is InChI=1S/C11H18NS.In.2H/c1-2-3-4-5-6-7-8-11-9-10-13-12-11;;;/h8-10H,2-7H2,1H3;;;. The molecule has 0 saturated carbocycles. The van der Waals surface area contributed by atoms with E-state index in [2.05, 4.69) is 22.7 Å². The van der Waals surface area contributed by atoms with E-state index in [9.17, 15) is 0 Å². The topological polar surface area (TPSA) is 12.9 Å². The van der Waals surface area contributed by atoms with Crippen LogP contribution >= 0.6 is 11.5 Å². The van der Waals surface area contributed by atoms with Crippen LogP contribution in [0.4, 0.5) is 0 Å². The molecule has 1 unspecified atom stereocenters. The molecule has 0 aromatic carbocycles. The van der Waals surface area contributed by atoms with Crippen LogP contribution in [0.15, 0.2) is 11.4 Å². The molecule has 3 heteroatoms. The Bertz CT molecular complexity index is 223. The first-order chi connectivity index (χ1) is 6.84. The van der Waals surface area contributed by atoms with Gasteiger partial charge in [0.05, 0.1) is 0 Å². The molecular weight excluding hydrogens is 293 g/mol. The van der Waals surface area contributed by atoms with E-state index in [4.69, 9.17) is 0 Å². The predicted molar refractivity (Wildman–Crippen MR) is 66.8 cm³/mol. The molecule has 1 heterocycles. The predicted octanol–water partition coefficient (Wildman–Crippen LogP) is 3.18. The molecule has 0 fully saturated rings. The SMILES string of the molecule is CCCCCCC[CH]([InH2])c1ccsn1. The van der Waals surface area contributed by atoms with Crippen LogP contribution in [-0.4, -0.2) is 28.7 Å². The molecule has 1 nitrogen and oxygen atoms in total. The summed E-state index contributed by atoms with van der Waals surface area (Å²) in [6.07, 6.45) is 8.42. The van der Waals surface area contributed by atoms with Crippen LogP contribution in [0.25, 0.3) is 0 Å². The average molecular weight is 313 g/mol. The third kappa shape index (κ3) is 4.83. The van der Waals surface area contributed by atoms with E-state index in [1.54, 1.807) is 11.5 Å². The van der Waals surface area contributed by atoms with Gasteiger partial charge in [0.2, 0.25) is 0 Å². The van der Waals surface area contributed by atoms with E-state index in [0.717, 1.165) is 28.0 Å². The second-order valence-electron chi connectivity index (χ2n) is 4.03. The van der Waals surface area contributed by atoms with Gasteiger partial charge in [-0.2, -0.15) is 0 Å². The molecule has 14 heavy (non-hydrogen) atoms. The monoisotopic (exact) mass is 313 g/mol. The summed E-state index contributed by atoms with van der Waals surface area (Å²) in [4.78, 5) is 0. The molecule has 1 aromatic rings. The van der Waals surface area contributed by atoms with Crippen molar-refractivity contribution in [2.45, 2.75) is 49.1 Å². The summed E-state index contributed by atoms with van der Waals surface area (Å²) in [5.74, 6) is 0. The van der Waals surface area contributed by atoms with Gasteiger partial charge in [-0.15, -0.1) is 0 Å². The van der Waals surface area contributed by atoms with Gasteiger partial charge < -0.3 is 0 Å². The van der Waals surface area contributed by atoms with Crippen molar-refractivity contribution in [3.8, 4) is 0 Å². The van der Waals surface area contributed by atoms with Gasteiger partial charge in [0, 0.05) is 0 Å². The summed E-state index contributed by atoms with van der Waals surface area (Å²) in [5.41, 5.74) is 1.38. The molecule has 0 spiro atoms. The maximum absolute atomic E-state index is 4.43. The van der Waals surface area contributed by atoms with Crippen molar-refractivity contribution in [1.82, 2.24) is 4.37 Å². The van der Waals surface area contributed by atoms with Crippen molar-refractivity contribution < 1.29 is 0 Å². The summed E-state index contributed by atoms with van der Waals surface area (Å²) in [6.45, 7) is 2.27. The van der Waals surface area contributed by atoms with E-state index in [1.807, 2.05) is 0 Å². The van der Waals surface area contributed by atoms with E-state index in [1.165, 1.54) is 44.2 Å². The summed E-state index contributed by atoms with van der Waals surface area (Å²) in [5, 5.41) is 2.11. The van der Waals surface area contributed by atoms with Crippen LogP contribution in [0, 0.1) is 0 Å². The zero-order valence-electron chi connectivity index (χ0n) is 9.33. The Kier molecular flexibility index (Phi) is 6.96. The van der Waals surface area contributed by atoms with Gasteiger partial charge in [-0.05, 0) is 0 Å². The maximum atomic E-state index is 4.43. The fourth-order valence-electron chi connectivity index (χ4n) is 1.68. The molecule has 1 rings (SSSR count). The fraction of sp³-hybridized carbons (Fsp3) is 0.727. The second kappa shape index (κ2) is 7.75. The Balaban J connectivity index is 2.07. The van der Waals surface area contributed by atoms with Crippen molar-refractivity contribution in [1.29, 1.82) is 0 Å². The van der Waals surface area contributed by atoms with Crippen LogP contribution in [0.1, 0.15) is 54.8 Å². The van der Waals surface area contributed by atoms with E-state index >= 15 is 0 Å². The Morgan fingerprint density at radius 1 is 1.36 bits per heavy atom. The molecule has 0 saturated heterocycles. The van der Waals surface area contributed by atoms with Gasteiger partial charge in [0.1, 0.15) is 0 Å². The molecule has 0 amide bonds. The van der Waals surface area contributed by atoms with Gasteiger partial charge >= 0.3 is 107 Å². The van der Waals surface area contributed by atoms with Gasteiger partial charge in [0.15, 0.2) is 0 Å². The van der Waals surface area contributed by atoms with Crippen LogP contribution in [-0.2, 0) is 0 Å². The second-order valence-corrected chi connectivity index (χ2v) is 8.67. The van der Waals surface area contributed by atoms with Crippen LogP contribution in [0.3, 0.4) is 0 Å². The first-order valence-corrected chi connectivity index (χ1v) is 9.88. The van der Waals surface area contributed by atoms with E-state index in [-0.39, 0.29) is 0 Å². The van der Waals surface area contributed by atoms with Gasteiger partial charge in [0.25, 0.3) is 0 Å². The molecule has 0 aliphatic heterocycles. The summed E-state index contributed by atoms with van der Waals surface area (Å²) in [7, 11) is 0. The van der Waals surface area contributed by atoms with Crippen molar-refractivity contribution >= 4 is 35.9 Å². The normalized spacial score (nSPS) is 12.9. The van der Waals surface area contributed by atoms with Crippen molar-refractivity contribution in [3.05, 3.63) is 17.1 Å². The van der Waals surface area contributed by atoms with Gasteiger partial charge in [-0.25, -0.2) is 0 Å². The third-order valence-corrected chi connectivity index (χ3v) is 6.61. The third-order valence-electron chi connectivity index (χ3n) is 2.70. The molecule has 0 radical (unpaired) electrons. The van der Waals surface area contributed by atoms with Crippen LogP contribution in [0.5, 0.6) is 0 Å². The quantitative estimate of drug-likeness (QED) is 0.705. The van der Waals surface area contributed by atoms with Gasteiger partial charge in [-0.3, -0.25) is 0 Å². The minimum atomic E-state index is 0.728. The number of rotatable bonds is 7. The molecule has 0 aliphatic rings.